The van der Waals surface area contributed by atoms with Crippen LogP contribution in [0.15, 0.2) is 75.8 Å². The minimum atomic E-state index is -3.30. The SMILES string of the molecule is C=C(C)COCCCCCCS(=O)(=O)c1ccc(N=Nc2ccc(OCC(C)CC)cc2)cc1. The molecule has 0 saturated carbocycles. The van der Waals surface area contributed by atoms with Gasteiger partial charge in [-0.1, -0.05) is 45.3 Å². The predicted octanol–water partition coefficient (Wildman–Crippen LogP) is 7.45. The van der Waals surface area contributed by atoms with Gasteiger partial charge in [0.15, 0.2) is 9.84 Å². The topological polar surface area (TPSA) is 77.3 Å². The molecule has 0 fully saturated rings. The molecule has 6 nitrogen and oxygen atoms in total. The normalized spacial score (nSPS) is 12.7. The van der Waals surface area contributed by atoms with Crippen LogP contribution in [-0.2, 0) is 14.6 Å². The number of hydrogen-bond acceptors (Lipinski definition) is 6. The molecule has 0 N–H and O–H groups in total. The van der Waals surface area contributed by atoms with Crippen molar-refractivity contribution in [3.05, 3.63) is 60.7 Å². The van der Waals surface area contributed by atoms with E-state index >= 15 is 0 Å². The summed E-state index contributed by atoms with van der Waals surface area (Å²) in [7, 11) is -3.30. The van der Waals surface area contributed by atoms with E-state index in [0.717, 1.165) is 37.0 Å². The van der Waals surface area contributed by atoms with Crippen LogP contribution in [0.25, 0.3) is 0 Å². The highest BCUT2D eigenvalue weighted by molar-refractivity contribution is 7.91. The first-order valence-electron chi connectivity index (χ1n) is 12.0. The number of unbranched alkanes of at least 4 members (excludes halogenated alkanes) is 3. The van der Waals surface area contributed by atoms with Crippen molar-refractivity contribution in [2.24, 2.45) is 16.1 Å². The molecule has 186 valence electrons. The zero-order chi connectivity index (χ0) is 24.8. The molecular formula is C27H38N2O4S. The van der Waals surface area contributed by atoms with Gasteiger partial charge in [0.1, 0.15) is 5.75 Å². The first-order chi connectivity index (χ1) is 16.3. The lowest BCUT2D eigenvalue weighted by Crippen LogP contribution is -2.06. The molecular weight excluding hydrogens is 448 g/mol. The summed E-state index contributed by atoms with van der Waals surface area (Å²) in [5.74, 6) is 1.47. The van der Waals surface area contributed by atoms with Crippen LogP contribution in [0.2, 0.25) is 0 Å². The van der Waals surface area contributed by atoms with Crippen molar-refractivity contribution in [2.45, 2.75) is 57.8 Å². The highest BCUT2D eigenvalue weighted by Gasteiger charge is 2.13. The lowest BCUT2D eigenvalue weighted by atomic mass is 10.1. The van der Waals surface area contributed by atoms with Gasteiger partial charge in [-0.15, -0.1) is 0 Å². The van der Waals surface area contributed by atoms with Crippen LogP contribution in [0.3, 0.4) is 0 Å². The van der Waals surface area contributed by atoms with Crippen molar-refractivity contribution in [3.63, 3.8) is 0 Å². The van der Waals surface area contributed by atoms with E-state index < -0.39 is 9.84 Å². The molecule has 1 atom stereocenters. The lowest BCUT2D eigenvalue weighted by molar-refractivity contribution is 0.151. The number of nitrogens with zero attached hydrogens (tertiary/aromatic N) is 2. The Labute approximate surface area is 205 Å². The molecule has 0 heterocycles. The fourth-order valence-electron chi connectivity index (χ4n) is 3.01. The van der Waals surface area contributed by atoms with Crippen molar-refractivity contribution < 1.29 is 17.9 Å². The van der Waals surface area contributed by atoms with E-state index in [9.17, 15) is 8.42 Å². The van der Waals surface area contributed by atoms with E-state index in [0.29, 0.717) is 48.4 Å². The molecule has 0 aliphatic rings. The molecule has 1 unspecified atom stereocenters. The van der Waals surface area contributed by atoms with Crippen molar-refractivity contribution in [2.75, 3.05) is 25.6 Å². The van der Waals surface area contributed by atoms with Gasteiger partial charge >= 0.3 is 0 Å². The van der Waals surface area contributed by atoms with Crippen LogP contribution in [0.4, 0.5) is 11.4 Å². The maximum Gasteiger partial charge on any atom is 0.178 e. The van der Waals surface area contributed by atoms with E-state index in [2.05, 4.69) is 30.7 Å². The number of sulfone groups is 1. The Morgan fingerprint density at radius 2 is 1.53 bits per heavy atom. The molecule has 2 rings (SSSR count). The Bertz CT molecular complexity index is 1000. The van der Waals surface area contributed by atoms with Crippen molar-refractivity contribution in [3.8, 4) is 5.75 Å². The third kappa shape index (κ3) is 10.6. The fourth-order valence-corrected chi connectivity index (χ4v) is 4.39. The quantitative estimate of drug-likeness (QED) is 0.140. The fraction of sp³-hybridized carbons (Fsp3) is 0.481. The van der Waals surface area contributed by atoms with Crippen LogP contribution in [-0.4, -0.2) is 34.0 Å². The van der Waals surface area contributed by atoms with Gasteiger partial charge in [0.2, 0.25) is 0 Å². The van der Waals surface area contributed by atoms with Gasteiger partial charge in [0.05, 0.1) is 35.2 Å². The Hall–Kier alpha value is -2.51. The molecule has 0 spiro atoms. The summed E-state index contributed by atoms with van der Waals surface area (Å²) in [6.07, 6.45) is 4.47. The molecule has 0 saturated heterocycles. The molecule has 0 aliphatic carbocycles. The van der Waals surface area contributed by atoms with Gasteiger partial charge in [-0.25, -0.2) is 8.42 Å². The van der Waals surface area contributed by atoms with E-state index in [-0.39, 0.29) is 5.75 Å². The Balaban J connectivity index is 1.77. The van der Waals surface area contributed by atoms with E-state index in [1.807, 2.05) is 31.2 Å². The van der Waals surface area contributed by atoms with Crippen molar-refractivity contribution in [1.82, 2.24) is 0 Å². The average molecular weight is 487 g/mol. The molecule has 2 aromatic carbocycles. The van der Waals surface area contributed by atoms with E-state index in [1.165, 1.54) is 0 Å². The van der Waals surface area contributed by atoms with Gasteiger partial charge in [-0.2, -0.15) is 10.2 Å². The summed E-state index contributed by atoms with van der Waals surface area (Å²) >= 11 is 0. The van der Waals surface area contributed by atoms with Crippen LogP contribution in [0.1, 0.15) is 52.9 Å². The minimum Gasteiger partial charge on any atom is -0.493 e. The number of ether oxygens (including phenoxy) is 2. The third-order valence-corrected chi connectivity index (χ3v) is 7.16. The van der Waals surface area contributed by atoms with Gasteiger partial charge in [-0.3, -0.25) is 0 Å². The van der Waals surface area contributed by atoms with Crippen LogP contribution in [0.5, 0.6) is 5.75 Å². The minimum absolute atomic E-state index is 0.145. The summed E-state index contributed by atoms with van der Waals surface area (Å²) < 4.78 is 36.4. The number of rotatable bonds is 16. The molecule has 7 heteroatoms. The molecule has 2 aromatic rings. The Kier molecular flexibility index (Phi) is 12.0. The first-order valence-corrected chi connectivity index (χ1v) is 13.6. The second kappa shape index (κ2) is 14.7. The molecule has 0 amide bonds. The monoisotopic (exact) mass is 486 g/mol. The standard InChI is InChI=1S/C27H38N2O4S/c1-5-23(4)21-33-26-14-10-24(11-15-26)28-29-25-12-16-27(17-13-25)34(30,31)19-9-7-6-8-18-32-20-22(2)3/h10-17,23H,2,5-9,18-21H2,1,3-4H3. The predicted molar refractivity (Wildman–Crippen MR) is 138 cm³/mol. The molecule has 34 heavy (non-hydrogen) atoms. The average Bonchev–Trinajstić information content (AvgIpc) is 2.83. The number of azo groups is 1. The van der Waals surface area contributed by atoms with E-state index in [1.54, 1.807) is 24.3 Å². The van der Waals surface area contributed by atoms with Crippen molar-refractivity contribution in [1.29, 1.82) is 0 Å². The summed E-state index contributed by atoms with van der Waals surface area (Å²) in [6, 6.07) is 14.0. The number of hydrogen-bond donors (Lipinski definition) is 0. The largest absolute Gasteiger partial charge is 0.493 e. The Morgan fingerprint density at radius 3 is 2.12 bits per heavy atom. The van der Waals surface area contributed by atoms with Crippen LogP contribution >= 0.6 is 0 Å². The highest BCUT2D eigenvalue weighted by atomic mass is 32.2. The van der Waals surface area contributed by atoms with Crippen LogP contribution < -0.4 is 4.74 Å². The highest BCUT2D eigenvalue weighted by Crippen LogP contribution is 2.23. The summed E-state index contributed by atoms with van der Waals surface area (Å²) in [5.41, 5.74) is 2.32. The van der Waals surface area contributed by atoms with Crippen LogP contribution in [0, 0.1) is 5.92 Å². The summed E-state index contributed by atoms with van der Waals surface area (Å²) in [5, 5.41) is 8.44. The van der Waals surface area contributed by atoms with Gasteiger partial charge in [0, 0.05) is 6.61 Å². The van der Waals surface area contributed by atoms with Gasteiger partial charge in [0.25, 0.3) is 0 Å². The number of benzene rings is 2. The van der Waals surface area contributed by atoms with Crippen molar-refractivity contribution >= 4 is 21.2 Å². The second-order valence-electron chi connectivity index (χ2n) is 8.76. The zero-order valence-electron chi connectivity index (χ0n) is 20.7. The summed E-state index contributed by atoms with van der Waals surface area (Å²) in [6.45, 7) is 12.0. The van der Waals surface area contributed by atoms with Gasteiger partial charge < -0.3 is 9.47 Å². The molecule has 0 radical (unpaired) electrons. The summed E-state index contributed by atoms with van der Waals surface area (Å²) in [4.78, 5) is 0.319. The first kappa shape index (κ1) is 27.7. The Morgan fingerprint density at radius 1 is 0.941 bits per heavy atom. The molecule has 0 bridgehead atoms. The maximum absolute atomic E-state index is 12.6. The zero-order valence-corrected chi connectivity index (χ0v) is 21.5. The molecule has 0 aliphatic heterocycles. The second-order valence-corrected chi connectivity index (χ2v) is 10.9. The van der Waals surface area contributed by atoms with E-state index in [4.69, 9.17) is 9.47 Å². The third-order valence-electron chi connectivity index (χ3n) is 5.35. The maximum atomic E-state index is 12.6. The lowest BCUT2D eigenvalue weighted by Gasteiger charge is -2.10. The van der Waals surface area contributed by atoms with Gasteiger partial charge in [-0.05, 0) is 74.2 Å². The smallest absolute Gasteiger partial charge is 0.178 e. The molecule has 0 aromatic heterocycles.